The van der Waals surface area contributed by atoms with Crippen LogP contribution in [0.15, 0.2) is 29.4 Å². The molecule has 4 heteroatoms. The Kier molecular flexibility index (Phi) is 5.59. The van der Waals surface area contributed by atoms with E-state index in [-0.39, 0.29) is 29.6 Å². The monoisotopic (exact) mass is 191 g/mol. The minimum atomic E-state index is 0. The van der Waals surface area contributed by atoms with Crippen molar-refractivity contribution in [2.75, 3.05) is 0 Å². The number of benzene rings is 1. The Hall–Kier alpha value is -0.0200. The quantitative estimate of drug-likeness (QED) is 0.340. The van der Waals surface area contributed by atoms with Crippen molar-refractivity contribution in [3.8, 4) is 0 Å². The van der Waals surface area contributed by atoms with E-state index in [0.717, 1.165) is 5.56 Å². The fraction of sp³-hybridized carbons (Fsp3) is 0.125. The topological polar surface area (TPSA) is 35.4 Å². The van der Waals surface area contributed by atoms with Gasteiger partial charge in [0.1, 0.15) is 0 Å². The predicted octanol–water partition coefficient (Wildman–Crippen LogP) is -0.349. The van der Waals surface area contributed by atoms with Crippen molar-refractivity contribution in [3.05, 3.63) is 40.1 Å². The van der Waals surface area contributed by atoms with Crippen molar-refractivity contribution in [1.29, 1.82) is 0 Å². The van der Waals surface area contributed by atoms with E-state index in [1.807, 2.05) is 0 Å². The van der Waals surface area contributed by atoms with Gasteiger partial charge in [0.2, 0.25) is 0 Å². The third-order valence-electron chi connectivity index (χ3n) is 1.40. The molecule has 0 bridgehead atoms. The Morgan fingerprint density at radius 1 is 1.33 bits per heavy atom. The van der Waals surface area contributed by atoms with Gasteiger partial charge in [-0.15, -0.1) is 0 Å². The Bertz CT molecular complexity index is 271. The maximum absolute atomic E-state index is 10.1. The molecular formula is C8H7ClNNaO. The van der Waals surface area contributed by atoms with Crippen molar-refractivity contribution in [1.82, 2.24) is 0 Å². The van der Waals surface area contributed by atoms with Gasteiger partial charge in [-0.25, -0.2) is 0 Å². The Morgan fingerprint density at radius 2 is 1.83 bits per heavy atom. The van der Waals surface area contributed by atoms with Crippen molar-refractivity contribution in [2.45, 2.75) is 6.92 Å². The summed E-state index contributed by atoms with van der Waals surface area (Å²) in [5, 5.41) is 13.5. The summed E-state index contributed by atoms with van der Waals surface area (Å²) in [6, 6.07) is 6.98. The summed E-state index contributed by atoms with van der Waals surface area (Å²) in [6.07, 6.45) is 0. The van der Waals surface area contributed by atoms with Crippen LogP contribution in [0.1, 0.15) is 12.5 Å². The average molecular weight is 192 g/mol. The number of hydrogen-bond acceptors (Lipinski definition) is 2. The maximum atomic E-state index is 10.1. The zero-order chi connectivity index (χ0) is 8.27. The molecule has 0 aliphatic heterocycles. The number of halogens is 1. The first-order valence-electron chi connectivity index (χ1n) is 3.17. The first kappa shape index (κ1) is 12.0. The maximum Gasteiger partial charge on any atom is 1.00 e. The van der Waals surface area contributed by atoms with Crippen molar-refractivity contribution < 1.29 is 29.6 Å². The Balaban J connectivity index is 0.00000121. The Labute approximate surface area is 98.5 Å². The molecule has 0 saturated carbocycles. The molecule has 0 aliphatic rings. The normalized spacial score (nSPS) is 10.7. The van der Waals surface area contributed by atoms with Crippen LogP contribution in [0.4, 0.5) is 0 Å². The molecule has 2 nitrogen and oxygen atoms in total. The molecule has 1 aromatic carbocycles. The van der Waals surface area contributed by atoms with Crippen molar-refractivity contribution in [2.24, 2.45) is 5.16 Å². The second kappa shape index (κ2) is 5.60. The molecule has 0 radical (unpaired) electrons. The van der Waals surface area contributed by atoms with Gasteiger partial charge in [0.25, 0.3) is 0 Å². The van der Waals surface area contributed by atoms with Crippen LogP contribution in [-0.4, -0.2) is 5.71 Å². The van der Waals surface area contributed by atoms with Gasteiger partial charge in [-0.3, -0.25) is 0 Å². The second-order valence-electron chi connectivity index (χ2n) is 2.18. The van der Waals surface area contributed by atoms with Gasteiger partial charge in [0.05, 0.1) is 0 Å². The van der Waals surface area contributed by atoms with Gasteiger partial charge >= 0.3 is 29.6 Å². The number of hydrogen-bond donors (Lipinski definition) is 0. The number of rotatable bonds is 1. The van der Waals surface area contributed by atoms with Crippen LogP contribution in [0.3, 0.4) is 0 Å². The SMILES string of the molecule is C/C(=N/[O-])c1ccc(Cl)cc1.[Na+]. The average Bonchev–Trinajstić information content (AvgIpc) is 2.05. The standard InChI is InChI=1S/C8H8ClNO.Na/c1-6(10-11)7-2-4-8(9)5-3-7;/h2-5,11H,1H3;/q;+1/p-1/b10-6-;. The molecule has 0 aliphatic carbocycles. The van der Waals surface area contributed by atoms with E-state index < -0.39 is 0 Å². The van der Waals surface area contributed by atoms with Crippen molar-refractivity contribution >= 4 is 17.3 Å². The van der Waals surface area contributed by atoms with E-state index in [1.165, 1.54) is 0 Å². The molecule has 0 atom stereocenters. The van der Waals surface area contributed by atoms with E-state index >= 15 is 0 Å². The van der Waals surface area contributed by atoms with E-state index in [9.17, 15) is 5.21 Å². The van der Waals surface area contributed by atoms with E-state index in [1.54, 1.807) is 31.2 Å². The van der Waals surface area contributed by atoms with E-state index in [4.69, 9.17) is 11.6 Å². The summed E-state index contributed by atoms with van der Waals surface area (Å²) in [5.74, 6) is 0. The number of nitrogens with zero attached hydrogens (tertiary/aromatic N) is 1. The molecule has 0 N–H and O–H groups in total. The summed E-state index contributed by atoms with van der Waals surface area (Å²) in [4.78, 5) is 0. The molecule has 0 spiro atoms. The fourth-order valence-electron chi connectivity index (χ4n) is 0.744. The largest absolute Gasteiger partial charge is 1.00 e. The van der Waals surface area contributed by atoms with Gasteiger partial charge in [0, 0.05) is 10.7 Å². The first-order valence-corrected chi connectivity index (χ1v) is 3.54. The predicted molar refractivity (Wildman–Crippen MR) is 47.0 cm³/mol. The smallest absolute Gasteiger partial charge is 0.792 e. The van der Waals surface area contributed by atoms with Crippen LogP contribution >= 0.6 is 11.6 Å². The van der Waals surface area contributed by atoms with Crippen LogP contribution in [0.25, 0.3) is 0 Å². The fourth-order valence-corrected chi connectivity index (χ4v) is 0.870. The molecule has 0 saturated heterocycles. The second-order valence-corrected chi connectivity index (χ2v) is 2.62. The van der Waals surface area contributed by atoms with Crippen LogP contribution in [-0.2, 0) is 0 Å². The summed E-state index contributed by atoms with van der Waals surface area (Å²) < 4.78 is 0. The molecular weight excluding hydrogens is 185 g/mol. The first-order chi connectivity index (χ1) is 5.24. The molecule has 0 aromatic heterocycles. The van der Waals surface area contributed by atoms with Crippen LogP contribution in [0.2, 0.25) is 5.02 Å². The van der Waals surface area contributed by atoms with Crippen LogP contribution < -0.4 is 29.6 Å². The van der Waals surface area contributed by atoms with Gasteiger partial charge in [-0.05, 0) is 24.6 Å². The van der Waals surface area contributed by atoms with Gasteiger partial charge in [-0.2, -0.15) is 0 Å². The van der Waals surface area contributed by atoms with Gasteiger partial charge < -0.3 is 10.4 Å². The zero-order valence-electron chi connectivity index (χ0n) is 7.04. The third-order valence-corrected chi connectivity index (χ3v) is 1.65. The summed E-state index contributed by atoms with van der Waals surface area (Å²) >= 11 is 5.64. The molecule has 58 valence electrons. The molecule has 0 fully saturated rings. The molecule has 1 rings (SSSR count). The third kappa shape index (κ3) is 3.15. The molecule has 0 amide bonds. The van der Waals surface area contributed by atoms with Crippen molar-refractivity contribution in [3.63, 3.8) is 0 Å². The van der Waals surface area contributed by atoms with Gasteiger partial charge in [-0.1, -0.05) is 23.7 Å². The zero-order valence-corrected chi connectivity index (χ0v) is 9.80. The molecule has 0 unspecified atom stereocenters. The summed E-state index contributed by atoms with van der Waals surface area (Å²) in [7, 11) is 0. The molecule has 12 heavy (non-hydrogen) atoms. The molecule has 0 heterocycles. The minimum absolute atomic E-state index is 0. The van der Waals surface area contributed by atoms with Crippen LogP contribution in [0.5, 0.6) is 0 Å². The summed E-state index contributed by atoms with van der Waals surface area (Å²) in [5.41, 5.74) is 1.28. The van der Waals surface area contributed by atoms with E-state index in [2.05, 4.69) is 5.16 Å². The molecule has 1 aromatic rings. The van der Waals surface area contributed by atoms with E-state index in [0.29, 0.717) is 10.7 Å². The Morgan fingerprint density at radius 3 is 2.25 bits per heavy atom. The minimum Gasteiger partial charge on any atom is -0.792 e. The van der Waals surface area contributed by atoms with Crippen LogP contribution in [0, 0.1) is 5.21 Å². The van der Waals surface area contributed by atoms with Gasteiger partial charge in [0.15, 0.2) is 0 Å². The summed E-state index contributed by atoms with van der Waals surface area (Å²) in [6.45, 7) is 1.66.